The van der Waals surface area contributed by atoms with Crippen molar-refractivity contribution in [3.63, 3.8) is 0 Å². The smallest absolute Gasteiger partial charge is 0.224 e. The van der Waals surface area contributed by atoms with Gasteiger partial charge < -0.3 is 15.4 Å². The van der Waals surface area contributed by atoms with Crippen molar-refractivity contribution < 1.29 is 9.53 Å². The van der Waals surface area contributed by atoms with E-state index in [0.717, 1.165) is 40.2 Å². The van der Waals surface area contributed by atoms with Gasteiger partial charge in [-0.2, -0.15) is 0 Å². The number of benzene rings is 1. The number of hydrogen-bond donors (Lipinski definition) is 2. The van der Waals surface area contributed by atoms with Crippen LogP contribution >= 0.6 is 0 Å². The van der Waals surface area contributed by atoms with Gasteiger partial charge in [-0.1, -0.05) is 24.6 Å². The van der Waals surface area contributed by atoms with Crippen molar-refractivity contribution in [1.82, 2.24) is 10.3 Å². The Morgan fingerprint density at radius 1 is 1.11 bits per heavy atom. The van der Waals surface area contributed by atoms with Gasteiger partial charge >= 0.3 is 0 Å². The molecule has 0 spiro atoms. The van der Waals surface area contributed by atoms with Gasteiger partial charge in [0.25, 0.3) is 0 Å². The lowest BCUT2D eigenvalue weighted by atomic mass is 10.1. The predicted octanol–water partition coefficient (Wildman–Crippen LogP) is 4.74. The lowest BCUT2D eigenvalue weighted by molar-refractivity contribution is -0.119. The monoisotopic (exact) mass is 369 g/mol. The molecule has 1 aromatic heterocycles. The number of amides is 1. The molecule has 0 aliphatic carbocycles. The van der Waals surface area contributed by atoms with Crippen LogP contribution < -0.4 is 15.4 Å². The van der Waals surface area contributed by atoms with Crippen molar-refractivity contribution in [1.29, 1.82) is 0 Å². The molecular formula is C22H31N3O2. The van der Waals surface area contributed by atoms with Crippen LogP contribution in [-0.2, 0) is 4.79 Å². The second-order valence-electron chi connectivity index (χ2n) is 7.26. The summed E-state index contributed by atoms with van der Waals surface area (Å²) in [5.74, 6) is 1.45. The molecule has 0 aliphatic rings. The van der Waals surface area contributed by atoms with Crippen molar-refractivity contribution in [2.75, 3.05) is 11.9 Å². The zero-order valence-electron chi connectivity index (χ0n) is 17.5. The first-order valence-electron chi connectivity index (χ1n) is 9.46. The number of carbonyl (C=O) groups excluding carboxylic acids is 1. The van der Waals surface area contributed by atoms with E-state index in [9.17, 15) is 4.79 Å². The predicted molar refractivity (Wildman–Crippen MR) is 111 cm³/mol. The van der Waals surface area contributed by atoms with Gasteiger partial charge in [-0.25, -0.2) is 4.98 Å². The number of pyridine rings is 1. The van der Waals surface area contributed by atoms with E-state index in [2.05, 4.69) is 55.4 Å². The van der Waals surface area contributed by atoms with Crippen LogP contribution in [0.1, 0.15) is 48.2 Å². The maximum atomic E-state index is 11.2. The summed E-state index contributed by atoms with van der Waals surface area (Å²) in [5, 5.41) is 6.40. The van der Waals surface area contributed by atoms with Gasteiger partial charge in [0.1, 0.15) is 5.75 Å². The second-order valence-corrected chi connectivity index (χ2v) is 7.26. The van der Waals surface area contributed by atoms with E-state index in [-0.39, 0.29) is 11.9 Å². The molecule has 2 rings (SSSR count). The minimum Gasteiger partial charge on any atom is -0.438 e. The van der Waals surface area contributed by atoms with E-state index < -0.39 is 0 Å². The summed E-state index contributed by atoms with van der Waals surface area (Å²) in [4.78, 5) is 15.8. The number of rotatable bonds is 7. The Bertz CT molecular complexity index is 808. The van der Waals surface area contributed by atoms with Crippen molar-refractivity contribution >= 4 is 11.6 Å². The maximum absolute atomic E-state index is 11.2. The Balaban J connectivity index is 2.31. The third-order valence-corrected chi connectivity index (χ3v) is 4.61. The zero-order valence-corrected chi connectivity index (χ0v) is 17.5. The first kappa shape index (κ1) is 20.7. The van der Waals surface area contributed by atoms with Crippen LogP contribution in [0.5, 0.6) is 11.6 Å². The average Bonchev–Trinajstić information content (AvgIpc) is 2.57. The van der Waals surface area contributed by atoms with Gasteiger partial charge in [-0.05, 0) is 58.2 Å². The van der Waals surface area contributed by atoms with E-state index in [4.69, 9.17) is 4.74 Å². The van der Waals surface area contributed by atoms with Crippen molar-refractivity contribution in [2.24, 2.45) is 0 Å². The van der Waals surface area contributed by atoms with Crippen LogP contribution in [0.15, 0.2) is 18.2 Å². The Morgan fingerprint density at radius 2 is 1.74 bits per heavy atom. The molecule has 146 valence electrons. The van der Waals surface area contributed by atoms with Gasteiger partial charge in [0, 0.05) is 36.5 Å². The highest BCUT2D eigenvalue weighted by Crippen LogP contribution is 2.33. The SMILES string of the molecule is CCC(CNC(C)=O)Nc1cc(C)nc(Oc2c(C)cc(C)cc2C)c1C. The fourth-order valence-corrected chi connectivity index (χ4v) is 3.17. The maximum Gasteiger partial charge on any atom is 0.224 e. The quantitative estimate of drug-likeness (QED) is 0.740. The number of aryl methyl sites for hydroxylation is 4. The molecule has 0 aliphatic heterocycles. The molecule has 27 heavy (non-hydrogen) atoms. The summed E-state index contributed by atoms with van der Waals surface area (Å²) < 4.78 is 6.24. The largest absolute Gasteiger partial charge is 0.438 e. The number of nitrogens with one attached hydrogen (secondary N) is 2. The average molecular weight is 370 g/mol. The van der Waals surface area contributed by atoms with Crippen molar-refractivity contribution in [3.05, 3.63) is 46.1 Å². The van der Waals surface area contributed by atoms with Gasteiger partial charge in [0.2, 0.25) is 11.8 Å². The molecular weight excluding hydrogens is 338 g/mol. The van der Waals surface area contributed by atoms with Crippen molar-refractivity contribution in [3.8, 4) is 11.6 Å². The molecule has 1 amide bonds. The summed E-state index contributed by atoms with van der Waals surface area (Å²) in [6.07, 6.45) is 0.896. The lowest BCUT2D eigenvalue weighted by Gasteiger charge is -2.22. The molecule has 1 unspecified atom stereocenters. The molecule has 1 aromatic carbocycles. The molecule has 0 bridgehead atoms. The van der Waals surface area contributed by atoms with E-state index in [1.165, 1.54) is 12.5 Å². The minimum atomic E-state index is -0.0211. The third-order valence-electron chi connectivity index (χ3n) is 4.61. The van der Waals surface area contributed by atoms with Crippen LogP contribution in [0.25, 0.3) is 0 Å². The van der Waals surface area contributed by atoms with Crippen LogP contribution in [0, 0.1) is 34.6 Å². The molecule has 2 aromatic rings. The van der Waals surface area contributed by atoms with Gasteiger partial charge in [-0.15, -0.1) is 0 Å². The molecule has 1 atom stereocenters. The molecule has 1 heterocycles. The Kier molecular flexibility index (Phi) is 6.83. The molecule has 0 radical (unpaired) electrons. The molecule has 0 saturated heterocycles. The Hall–Kier alpha value is -2.56. The first-order valence-corrected chi connectivity index (χ1v) is 9.46. The Labute approximate surface area is 162 Å². The van der Waals surface area contributed by atoms with E-state index >= 15 is 0 Å². The van der Waals surface area contributed by atoms with Crippen LogP contribution in [0.3, 0.4) is 0 Å². The van der Waals surface area contributed by atoms with E-state index in [1.807, 2.05) is 19.9 Å². The van der Waals surface area contributed by atoms with Crippen LogP contribution in [-0.4, -0.2) is 23.5 Å². The Morgan fingerprint density at radius 3 is 2.30 bits per heavy atom. The number of carbonyl (C=O) groups is 1. The minimum absolute atomic E-state index is 0.0211. The summed E-state index contributed by atoms with van der Waals surface area (Å²) in [6, 6.07) is 6.40. The van der Waals surface area contributed by atoms with E-state index in [1.54, 1.807) is 0 Å². The number of nitrogens with zero attached hydrogens (tertiary/aromatic N) is 1. The fourth-order valence-electron chi connectivity index (χ4n) is 3.17. The third kappa shape index (κ3) is 5.46. The second kappa shape index (κ2) is 8.89. The molecule has 5 nitrogen and oxygen atoms in total. The lowest BCUT2D eigenvalue weighted by Crippen LogP contribution is -2.35. The van der Waals surface area contributed by atoms with Crippen molar-refractivity contribution in [2.45, 2.75) is 60.9 Å². The van der Waals surface area contributed by atoms with Crippen LogP contribution in [0.4, 0.5) is 5.69 Å². The first-order chi connectivity index (χ1) is 12.7. The number of hydrogen-bond acceptors (Lipinski definition) is 4. The topological polar surface area (TPSA) is 63.2 Å². The highest BCUT2D eigenvalue weighted by Gasteiger charge is 2.15. The van der Waals surface area contributed by atoms with Gasteiger partial charge in [0.05, 0.1) is 0 Å². The summed E-state index contributed by atoms with van der Waals surface area (Å²) in [7, 11) is 0. The molecule has 0 fully saturated rings. The summed E-state index contributed by atoms with van der Waals surface area (Å²) in [6.45, 7) is 14.4. The van der Waals surface area contributed by atoms with Crippen LogP contribution in [0.2, 0.25) is 0 Å². The molecule has 5 heteroatoms. The number of anilines is 1. The standard InChI is InChI=1S/C22H31N3O2/c1-8-19(12-23-18(7)26)25-20-11-16(5)24-22(17(20)6)27-21-14(3)9-13(2)10-15(21)4/h9-11,19H,8,12H2,1-7H3,(H,23,26)(H,24,25). The summed E-state index contributed by atoms with van der Waals surface area (Å²) in [5.41, 5.74) is 6.24. The highest BCUT2D eigenvalue weighted by atomic mass is 16.5. The summed E-state index contributed by atoms with van der Waals surface area (Å²) >= 11 is 0. The molecule has 2 N–H and O–H groups in total. The normalized spacial score (nSPS) is 11.8. The zero-order chi connectivity index (χ0) is 20.1. The van der Waals surface area contributed by atoms with Gasteiger partial charge in [0.15, 0.2) is 0 Å². The van der Waals surface area contributed by atoms with Gasteiger partial charge in [-0.3, -0.25) is 4.79 Å². The molecule has 0 saturated carbocycles. The number of aromatic nitrogens is 1. The number of ether oxygens (including phenoxy) is 1. The fraction of sp³-hybridized carbons (Fsp3) is 0.455. The highest BCUT2D eigenvalue weighted by molar-refractivity contribution is 5.72. The van der Waals surface area contributed by atoms with E-state index in [0.29, 0.717) is 12.4 Å².